The van der Waals surface area contributed by atoms with Crippen LogP contribution in [0.5, 0.6) is 11.5 Å². The Bertz CT molecular complexity index is 702. The highest BCUT2D eigenvalue weighted by Gasteiger charge is 2.15. The van der Waals surface area contributed by atoms with Crippen LogP contribution in [0.2, 0.25) is 5.15 Å². The molecule has 0 atom stereocenters. The molecule has 0 amide bonds. The molecule has 0 unspecified atom stereocenters. The Morgan fingerprint density at radius 1 is 1.12 bits per heavy atom. The van der Waals surface area contributed by atoms with E-state index in [1.807, 2.05) is 29.2 Å². The van der Waals surface area contributed by atoms with Gasteiger partial charge in [0, 0.05) is 30.9 Å². The lowest BCUT2D eigenvalue weighted by Crippen LogP contribution is -2.30. The fraction of sp³-hybridized carbons (Fsp3) is 0.333. The number of esters is 1. The zero-order chi connectivity index (χ0) is 18.2. The van der Waals surface area contributed by atoms with Gasteiger partial charge in [0.25, 0.3) is 0 Å². The quantitative estimate of drug-likeness (QED) is 0.530. The average Bonchev–Trinajstić information content (AvgIpc) is 2.63. The summed E-state index contributed by atoms with van der Waals surface area (Å²) in [6, 6.07) is 9.29. The first-order valence-electron chi connectivity index (χ1n) is 7.66. The first-order chi connectivity index (χ1) is 12.0. The van der Waals surface area contributed by atoms with Gasteiger partial charge in [0.05, 0.1) is 27.9 Å². The highest BCUT2D eigenvalue weighted by molar-refractivity contribution is 6.30. The second-order valence-corrected chi connectivity index (χ2v) is 5.75. The van der Waals surface area contributed by atoms with E-state index in [4.69, 9.17) is 25.8 Å². The van der Waals surface area contributed by atoms with Crippen molar-refractivity contribution in [1.29, 1.82) is 0 Å². The SMILES string of the molecule is COC(=O)CN(Cc1cc(OC)cc(OC)c1)Cc1cccnc1Cl. The van der Waals surface area contributed by atoms with Crippen LogP contribution < -0.4 is 9.47 Å². The van der Waals surface area contributed by atoms with Crippen LogP contribution in [0.15, 0.2) is 36.5 Å². The minimum Gasteiger partial charge on any atom is -0.497 e. The molecular formula is C18H21ClN2O4. The van der Waals surface area contributed by atoms with Gasteiger partial charge < -0.3 is 14.2 Å². The summed E-state index contributed by atoms with van der Waals surface area (Å²) in [5.74, 6) is 1.05. The number of halogens is 1. The Kier molecular flexibility index (Phi) is 7.03. The molecule has 0 fully saturated rings. The molecule has 2 aromatic rings. The zero-order valence-electron chi connectivity index (χ0n) is 14.5. The lowest BCUT2D eigenvalue weighted by molar-refractivity contribution is -0.142. The third-order valence-corrected chi connectivity index (χ3v) is 3.97. The van der Waals surface area contributed by atoms with Crippen LogP contribution in [0.4, 0.5) is 0 Å². The number of carbonyl (C=O) groups excluding carboxylic acids is 1. The Morgan fingerprint density at radius 2 is 1.80 bits per heavy atom. The number of aromatic nitrogens is 1. The van der Waals surface area contributed by atoms with Crippen LogP contribution in [0.1, 0.15) is 11.1 Å². The van der Waals surface area contributed by atoms with Gasteiger partial charge >= 0.3 is 5.97 Å². The monoisotopic (exact) mass is 364 g/mol. The summed E-state index contributed by atoms with van der Waals surface area (Å²) in [5.41, 5.74) is 1.78. The third kappa shape index (κ3) is 5.62. The maximum Gasteiger partial charge on any atom is 0.319 e. The lowest BCUT2D eigenvalue weighted by Gasteiger charge is -2.22. The van der Waals surface area contributed by atoms with E-state index >= 15 is 0 Å². The number of hydrogen-bond donors (Lipinski definition) is 0. The number of ether oxygens (including phenoxy) is 3. The van der Waals surface area contributed by atoms with Crippen LogP contribution in [-0.2, 0) is 22.6 Å². The summed E-state index contributed by atoms with van der Waals surface area (Å²) in [7, 11) is 4.56. The summed E-state index contributed by atoms with van der Waals surface area (Å²) in [4.78, 5) is 17.8. The summed E-state index contributed by atoms with van der Waals surface area (Å²) in [6.07, 6.45) is 1.63. The highest BCUT2D eigenvalue weighted by atomic mass is 35.5. The maximum absolute atomic E-state index is 11.8. The minimum absolute atomic E-state index is 0.126. The van der Waals surface area contributed by atoms with Gasteiger partial charge in [-0.2, -0.15) is 0 Å². The molecule has 0 aliphatic rings. The number of hydrogen-bond acceptors (Lipinski definition) is 6. The topological polar surface area (TPSA) is 60.9 Å². The summed E-state index contributed by atoms with van der Waals surface area (Å²) in [6.45, 7) is 1.08. The number of benzene rings is 1. The Morgan fingerprint density at radius 3 is 2.36 bits per heavy atom. The van der Waals surface area contributed by atoms with E-state index < -0.39 is 0 Å². The van der Waals surface area contributed by atoms with Crippen molar-refractivity contribution in [3.05, 3.63) is 52.8 Å². The van der Waals surface area contributed by atoms with Crippen molar-refractivity contribution in [2.45, 2.75) is 13.1 Å². The molecule has 0 aliphatic carbocycles. The number of carbonyl (C=O) groups is 1. The first kappa shape index (κ1) is 19.0. The molecule has 25 heavy (non-hydrogen) atoms. The van der Waals surface area contributed by atoms with Crippen molar-refractivity contribution in [1.82, 2.24) is 9.88 Å². The van der Waals surface area contributed by atoms with E-state index in [0.717, 1.165) is 11.1 Å². The Labute approximate surface area is 152 Å². The van der Waals surface area contributed by atoms with E-state index in [9.17, 15) is 4.79 Å². The van der Waals surface area contributed by atoms with Crippen molar-refractivity contribution in [2.75, 3.05) is 27.9 Å². The second kappa shape index (κ2) is 9.25. The van der Waals surface area contributed by atoms with Crippen molar-refractivity contribution in [3.63, 3.8) is 0 Å². The predicted octanol–water partition coefficient (Wildman–Crippen LogP) is 2.93. The van der Waals surface area contributed by atoms with E-state index in [0.29, 0.717) is 29.7 Å². The van der Waals surface area contributed by atoms with E-state index in [-0.39, 0.29) is 12.5 Å². The van der Waals surface area contributed by atoms with E-state index in [1.165, 1.54) is 7.11 Å². The number of nitrogens with zero attached hydrogens (tertiary/aromatic N) is 2. The van der Waals surface area contributed by atoms with Gasteiger partial charge in [-0.3, -0.25) is 9.69 Å². The summed E-state index contributed by atoms with van der Waals surface area (Å²) >= 11 is 6.14. The predicted molar refractivity (Wildman–Crippen MR) is 94.9 cm³/mol. The molecule has 0 aliphatic heterocycles. The molecule has 7 heteroatoms. The van der Waals surface area contributed by atoms with Crippen molar-refractivity contribution < 1.29 is 19.0 Å². The van der Waals surface area contributed by atoms with Gasteiger partial charge in [-0.1, -0.05) is 17.7 Å². The average molecular weight is 365 g/mol. The number of rotatable bonds is 8. The van der Waals surface area contributed by atoms with Crippen molar-refractivity contribution in [2.24, 2.45) is 0 Å². The van der Waals surface area contributed by atoms with Crippen molar-refractivity contribution in [3.8, 4) is 11.5 Å². The molecule has 1 aromatic carbocycles. The molecule has 134 valence electrons. The van der Waals surface area contributed by atoms with Crippen LogP contribution in [0, 0.1) is 0 Å². The molecule has 6 nitrogen and oxygen atoms in total. The number of pyridine rings is 1. The molecular weight excluding hydrogens is 344 g/mol. The minimum atomic E-state index is -0.324. The molecule has 0 saturated carbocycles. The molecule has 0 spiro atoms. The van der Waals surface area contributed by atoms with Gasteiger partial charge in [-0.25, -0.2) is 4.98 Å². The normalized spacial score (nSPS) is 10.6. The van der Waals surface area contributed by atoms with E-state index in [2.05, 4.69) is 4.98 Å². The van der Waals surface area contributed by atoms with Crippen molar-refractivity contribution >= 4 is 17.6 Å². The molecule has 0 saturated heterocycles. The standard InChI is InChI=1S/C18H21ClN2O4/c1-23-15-7-13(8-16(9-15)24-2)10-21(12-17(22)25-3)11-14-5-4-6-20-18(14)19/h4-9H,10-12H2,1-3H3. The van der Waals surface area contributed by atoms with Crippen LogP contribution in [0.25, 0.3) is 0 Å². The lowest BCUT2D eigenvalue weighted by atomic mass is 10.1. The van der Waals surface area contributed by atoms with Crippen LogP contribution in [-0.4, -0.2) is 43.7 Å². The number of methoxy groups -OCH3 is 3. The molecule has 0 radical (unpaired) electrons. The largest absolute Gasteiger partial charge is 0.497 e. The zero-order valence-corrected chi connectivity index (χ0v) is 15.2. The fourth-order valence-corrected chi connectivity index (χ4v) is 2.59. The highest BCUT2D eigenvalue weighted by Crippen LogP contribution is 2.24. The van der Waals surface area contributed by atoms with Crippen LogP contribution >= 0.6 is 11.6 Å². The van der Waals surface area contributed by atoms with E-state index in [1.54, 1.807) is 26.5 Å². The molecule has 2 rings (SSSR count). The molecule has 1 heterocycles. The molecule has 1 aromatic heterocycles. The fourth-order valence-electron chi connectivity index (χ4n) is 2.41. The van der Waals surface area contributed by atoms with Gasteiger partial charge in [0.15, 0.2) is 0 Å². The smallest absolute Gasteiger partial charge is 0.319 e. The van der Waals surface area contributed by atoms with Gasteiger partial charge in [-0.05, 0) is 23.8 Å². The summed E-state index contributed by atoms with van der Waals surface area (Å²) in [5, 5.41) is 0.417. The molecule has 0 bridgehead atoms. The summed E-state index contributed by atoms with van der Waals surface area (Å²) < 4.78 is 15.4. The third-order valence-electron chi connectivity index (χ3n) is 3.63. The first-order valence-corrected chi connectivity index (χ1v) is 8.04. The van der Waals surface area contributed by atoms with Gasteiger partial charge in [0.2, 0.25) is 0 Å². The molecule has 0 N–H and O–H groups in total. The van der Waals surface area contributed by atoms with Gasteiger partial charge in [-0.15, -0.1) is 0 Å². The second-order valence-electron chi connectivity index (χ2n) is 5.40. The van der Waals surface area contributed by atoms with Crippen LogP contribution in [0.3, 0.4) is 0 Å². The Hall–Kier alpha value is -2.31. The maximum atomic E-state index is 11.8. The Balaban J connectivity index is 2.23. The van der Waals surface area contributed by atoms with Gasteiger partial charge in [0.1, 0.15) is 16.7 Å².